The summed E-state index contributed by atoms with van der Waals surface area (Å²) in [6.07, 6.45) is 3.21. The van der Waals surface area contributed by atoms with Gasteiger partial charge in [0.1, 0.15) is 6.16 Å². The topological polar surface area (TPSA) is 192 Å². The Morgan fingerprint density at radius 2 is 1.69 bits per heavy atom. The summed E-state index contributed by atoms with van der Waals surface area (Å²) < 4.78 is 49.5. The van der Waals surface area contributed by atoms with E-state index in [-0.39, 0.29) is 25.0 Å². The molecule has 1 amide bonds. The molecule has 0 unspecified atom stereocenters. The lowest BCUT2D eigenvalue weighted by Gasteiger charge is -2.25. The highest BCUT2D eigenvalue weighted by Crippen LogP contribution is 2.48. The third-order valence-electron chi connectivity index (χ3n) is 6.77. The van der Waals surface area contributed by atoms with Gasteiger partial charge in [-0.25, -0.2) is 14.6 Å². The summed E-state index contributed by atoms with van der Waals surface area (Å²) in [5.41, 5.74) is 1.18. The van der Waals surface area contributed by atoms with E-state index >= 15 is 0 Å². The lowest BCUT2D eigenvalue weighted by Crippen LogP contribution is -2.37. The van der Waals surface area contributed by atoms with Crippen molar-refractivity contribution in [3.8, 4) is 0 Å². The zero-order chi connectivity index (χ0) is 32.8. The highest BCUT2D eigenvalue weighted by Gasteiger charge is 2.32. The average molecular weight is 679 g/mol. The fourth-order valence-corrected chi connectivity index (χ4v) is 5.88. The molecule has 0 saturated heterocycles. The number of carbonyl (C=O) groups excluding carboxylic acids is 3. The van der Waals surface area contributed by atoms with E-state index in [1.54, 1.807) is 20.2 Å². The number of nitrogens with zero attached hydrogens (tertiary/aromatic N) is 5. The first kappa shape index (κ1) is 36.2. The molecule has 1 N–H and O–H groups in total. The lowest BCUT2D eigenvalue weighted by atomic mass is 10.2. The van der Waals surface area contributed by atoms with Gasteiger partial charge in [0.25, 0.3) is 0 Å². The Morgan fingerprint density at radius 3 is 2.27 bits per heavy atom. The van der Waals surface area contributed by atoms with Crippen LogP contribution in [0.1, 0.15) is 46.0 Å². The van der Waals surface area contributed by atoms with Gasteiger partial charge in [0.05, 0.1) is 25.6 Å². The number of hydrogen-bond acceptors (Lipinski definition) is 15. The number of aryl methyl sites for hydroxylation is 1. The molecular weight excluding hydrogens is 639 g/mol. The van der Waals surface area contributed by atoms with E-state index in [9.17, 15) is 18.9 Å². The predicted octanol–water partition coefficient (Wildman–Crippen LogP) is 4.19. The van der Waals surface area contributed by atoms with E-state index in [0.717, 1.165) is 25.7 Å². The van der Waals surface area contributed by atoms with E-state index < -0.39 is 51.7 Å². The number of amides is 1. The largest absolute Gasteiger partial charge is 0.510 e. The number of methoxy groups -OCH3 is 1. The van der Waals surface area contributed by atoms with Gasteiger partial charge < -0.3 is 38.5 Å². The van der Waals surface area contributed by atoms with Crippen LogP contribution in [0.5, 0.6) is 0 Å². The van der Waals surface area contributed by atoms with Crippen LogP contribution in [0.3, 0.4) is 0 Å². The first-order chi connectivity index (χ1) is 21.6. The SMILES string of the molecule is CCOC(=O)OCOP(=O)(CC(=O)N(C)C[C@H](CCn1cnc2c(NC3CCCC3)nc(Cl)nc21)OC)OCOC(=O)OCC. The Balaban J connectivity index is 1.59. The van der Waals surface area contributed by atoms with Crippen LogP contribution in [0.2, 0.25) is 5.28 Å². The molecule has 2 aromatic rings. The summed E-state index contributed by atoms with van der Waals surface area (Å²) >= 11 is 6.23. The molecule has 2 aromatic heterocycles. The molecule has 0 bridgehead atoms. The second-order valence-corrected chi connectivity index (χ2v) is 12.3. The van der Waals surface area contributed by atoms with Gasteiger partial charge in [-0.3, -0.25) is 18.4 Å². The van der Waals surface area contributed by atoms with E-state index in [1.807, 2.05) is 4.57 Å². The van der Waals surface area contributed by atoms with Crippen LogP contribution in [0.4, 0.5) is 15.4 Å². The fourth-order valence-electron chi connectivity index (χ4n) is 4.46. The average Bonchev–Trinajstić information content (AvgIpc) is 3.65. The quantitative estimate of drug-likeness (QED) is 0.102. The van der Waals surface area contributed by atoms with Gasteiger partial charge in [0.2, 0.25) is 24.8 Å². The maximum Gasteiger partial charge on any atom is 0.510 e. The summed E-state index contributed by atoms with van der Waals surface area (Å²) in [7, 11) is -1.28. The standard InChI is InChI=1S/C26H40ClN6O11P/c1-5-39-25(35)41-16-43-45(37,44-17-42-26(36)40-6-2)14-20(34)32(3)13-19(38-4)11-12-33-15-28-21-22(29-18-9-7-8-10-18)30-24(27)31-23(21)33/h15,18-19H,5-14,16-17H2,1-4H3,(H,29,30,31)/t19-/m0/s1. The highest BCUT2D eigenvalue weighted by molar-refractivity contribution is 7.54. The van der Waals surface area contributed by atoms with Crippen LogP contribution in [-0.4, -0.2) is 108 Å². The molecule has 1 atom stereocenters. The van der Waals surface area contributed by atoms with Gasteiger partial charge in [0, 0.05) is 33.3 Å². The molecule has 3 rings (SSSR count). The summed E-state index contributed by atoms with van der Waals surface area (Å²) in [5, 5.41) is 3.54. The van der Waals surface area contributed by atoms with Gasteiger partial charge in [0.15, 0.2) is 17.0 Å². The zero-order valence-electron chi connectivity index (χ0n) is 25.8. The molecule has 0 radical (unpaired) electrons. The molecule has 0 aromatic carbocycles. The number of likely N-dealkylation sites (N-methyl/N-ethyl adjacent to an activating group) is 1. The van der Waals surface area contributed by atoms with E-state index in [4.69, 9.17) is 25.4 Å². The van der Waals surface area contributed by atoms with E-state index in [2.05, 4.69) is 39.2 Å². The molecule has 0 spiro atoms. The molecule has 45 heavy (non-hydrogen) atoms. The number of ether oxygens (including phenoxy) is 5. The van der Waals surface area contributed by atoms with Gasteiger partial charge in [-0.1, -0.05) is 12.8 Å². The fraction of sp³-hybridized carbons (Fsp3) is 0.692. The minimum Gasteiger partial charge on any atom is -0.435 e. The van der Waals surface area contributed by atoms with Gasteiger partial charge in [-0.2, -0.15) is 9.97 Å². The Hall–Kier alpha value is -3.24. The monoisotopic (exact) mass is 678 g/mol. The van der Waals surface area contributed by atoms with Crippen LogP contribution in [0.15, 0.2) is 6.33 Å². The minimum absolute atomic E-state index is 0.0432. The zero-order valence-corrected chi connectivity index (χ0v) is 27.4. The van der Waals surface area contributed by atoms with Crippen molar-refractivity contribution in [2.45, 2.75) is 64.6 Å². The van der Waals surface area contributed by atoms with E-state index in [0.29, 0.717) is 36.0 Å². The molecule has 0 aliphatic heterocycles. The maximum absolute atomic E-state index is 13.3. The second kappa shape index (κ2) is 18.0. The smallest absolute Gasteiger partial charge is 0.435 e. The molecular formula is C26H40ClN6O11P. The lowest BCUT2D eigenvalue weighted by molar-refractivity contribution is -0.129. The number of aromatic nitrogens is 4. The summed E-state index contributed by atoms with van der Waals surface area (Å²) in [6, 6.07) is 0.316. The number of nitrogens with one attached hydrogen (secondary N) is 1. The number of halogens is 1. The van der Waals surface area contributed by atoms with Crippen LogP contribution < -0.4 is 5.32 Å². The van der Waals surface area contributed by atoms with Crippen LogP contribution in [0, 0.1) is 0 Å². The van der Waals surface area contributed by atoms with Crippen molar-refractivity contribution in [3.05, 3.63) is 11.6 Å². The van der Waals surface area contributed by atoms with Crippen molar-refractivity contribution in [1.29, 1.82) is 0 Å². The number of hydrogen-bond donors (Lipinski definition) is 1. The first-order valence-corrected chi connectivity index (χ1v) is 16.6. The van der Waals surface area contributed by atoms with Crippen molar-refractivity contribution in [2.24, 2.45) is 0 Å². The summed E-state index contributed by atoms with van der Waals surface area (Å²) in [5.74, 6) is -0.0404. The van der Waals surface area contributed by atoms with Crippen LogP contribution in [-0.2, 0) is 48.6 Å². The normalized spacial score (nSPS) is 14.2. The van der Waals surface area contributed by atoms with Crippen LogP contribution in [0.25, 0.3) is 11.2 Å². The molecule has 1 fully saturated rings. The molecule has 1 saturated carbocycles. The Labute approximate surface area is 265 Å². The number of anilines is 1. The Kier molecular flexibility index (Phi) is 14.5. The minimum atomic E-state index is -4.28. The van der Waals surface area contributed by atoms with Crippen LogP contribution >= 0.6 is 19.2 Å². The highest BCUT2D eigenvalue weighted by atomic mass is 35.5. The second-order valence-electron chi connectivity index (χ2n) is 9.92. The van der Waals surface area contributed by atoms with Crippen molar-refractivity contribution >= 4 is 54.4 Å². The van der Waals surface area contributed by atoms with Crippen molar-refractivity contribution < 1.29 is 51.7 Å². The Morgan fingerprint density at radius 1 is 1.07 bits per heavy atom. The summed E-state index contributed by atoms with van der Waals surface area (Å²) in [6.45, 7) is 2.10. The third-order valence-corrected chi connectivity index (χ3v) is 8.59. The molecule has 2 heterocycles. The van der Waals surface area contributed by atoms with Gasteiger partial charge in [-0.15, -0.1) is 0 Å². The van der Waals surface area contributed by atoms with Crippen molar-refractivity contribution in [1.82, 2.24) is 24.4 Å². The van der Waals surface area contributed by atoms with Crippen molar-refractivity contribution in [2.75, 3.05) is 59.0 Å². The number of rotatable bonds is 18. The summed E-state index contributed by atoms with van der Waals surface area (Å²) in [4.78, 5) is 50.5. The first-order valence-electron chi connectivity index (χ1n) is 14.5. The number of imidazole rings is 1. The van der Waals surface area contributed by atoms with E-state index in [1.165, 1.54) is 19.1 Å². The molecule has 252 valence electrons. The molecule has 1 aliphatic carbocycles. The third kappa shape index (κ3) is 11.6. The predicted molar refractivity (Wildman–Crippen MR) is 160 cm³/mol. The Bertz CT molecular complexity index is 1300. The molecule has 19 heteroatoms. The van der Waals surface area contributed by atoms with Crippen molar-refractivity contribution in [3.63, 3.8) is 0 Å². The van der Waals surface area contributed by atoms with Gasteiger partial charge in [-0.05, 0) is 44.7 Å². The maximum atomic E-state index is 13.3. The number of fused-ring (bicyclic) bond motifs is 1. The number of carbonyl (C=O) groups is 3. The molecule has 17 nitrogen and oxygen atoms in total. The van der Waals surface area contributed by atoms with Gasteiger partial charge >= 0.3 is 19.9 Å². The molecule has 1 aliphatic rings.